The van der Waals surface area contributed by atoms with Gasteiger partial charge in [0.25, 0.3) is 0 Å². The Balaban J connectivity index is 2.18. The first-order valence-corrected chi connectivity index (χ1v) is 5.43. The number of nitrogens with one attached hydrogen (secondary N) is 1. The van der Waals surface area contributed by atoms with Gasteiger partial charge in [-0.1, -0.05) is 0 Å². The van der Waals surface area contributed by atoms with Gasteiger partial charge in [0.2, 0.25) is 0 Å². The number of piperazine rings is 1. The molecule has 16 heavy (non-hydrogen) atoms. The first kappa shape index (κ1) is 10.8. The Kier molecular flexibility index (Phi) is 3.02. The van der Waals surface area contributed by atoms with Crippen LogP contribution in [0.2, 0.25) is 0 Å². The number of rotatable bonds is 1. The Morgan fingerprint density at radius 2 is 2.25 bits per heavy atom. The van der Waals surface area contributed by atoms with Crippen LogP contribution in [0, 0.1) is 11.3 Å². The van der Waals surface area contributed by atoms with Crippen molar-refractivity contribution in [1.29, 1.82) is 5.26 Å². The molecule has 0 bridgehead atoms. The fraction of sp³-hybridized carbons (Fsp3) is 0.545. The van der Waals surface area contributed by atoms with Crippen LogP contribution >= 0.6 is 0 Å². The van der Waals surface area contributed by atoms with Gasteiger partial charge in [-0.3, -0.25) is 0 Å². The lowest BCUT2D eigenvalue weighted by Gasteiger charge is -2.38. The third-order valence-corrected chi connectivity index (χ3v) is 2.81. The molecule has 1 saturated heterocycles. The van der Waals surface area contributed by atoms with Gasteiger partial charge in [-0.2, -0.15) is 5.26 Å². The van der Waals surface area contributed by atoms with Gasteiger partial charge in [0.1, 0.15) is 11.9 Å². The molecular formula is C11H15N5. The zero-order chi connectivity index (χ0) is 11.5. The van der Waals surface area contributed by atoms with Gasteiger partial charge < -0.3 is 10.2 Å². The van der Waals surface area contributed by atoms with E-state index in [0.29, 0.717) is 17.8 Å². The Morgan fingerprint density at radius 1 is 1.44 bits per heavy atom. The van der Waals surface area contributed by atoms with E-state index in [2.05, 4.69) is 34.0 Å². The van der Waals surface area contributed by atoms with Crippen LogP contribution in [-0.2, 0) is 0 Å². The maximum atomic E-state index is 8.66. The van der Waals surface area contributed by atoms with Gasteiger partial charge in [0.15, 0.2) is 5.69 Å². The van der Waals surface area contributed by atoms with E-state index in [9.17, 15) is 0 Å². The molecule has 1 aromatic rings. The fourth-order valence-electron chi connectivity index (χ4n) is 1.87. The van der Waals surface area contributed by atoms with E-state index >= 15 is 0 Å². The average molecular weight is 217 g/mol. The van der Waals surface area contributed by atoms with Gasteiger partial charge in [-0.15, -0.1) is 0 Å². The van der Waals surface area contributed by atoms with E-state index in [-0.39, 0.29) is 0 Å². The topological polar surface area (TPSA) is 64.8 Å². The number of anilines is 1. The van der Waals surface area contributed by atoms with E-state index in [1.807, 2.05) is 6.07 Å². The van der Waals surface area contributed by atoms with Crippen molar-refractivity contribution in [3.8, 4) is 6.07 Å². The zero-order valence-electron chi connectivity index (χ0n) is 9.51. The number of nitriles is 1. The van der Waals surface area contributed by atoms with E-state index in [0.717, 1.165) is 18.9 Å². The molecule has 0 saturated carbocycles. The number of aromatic nitrogens is 2. The molecule has 5 nitrogen and oxygen atoms in total. The van der Waals surface area contributed by atoms with Crippen LogP contribution in [0.5, 0.6) is 0 Å². The Bertz CT molecular complexity index is 394. The van der Waals surface area contributed by atoms with Gasteiger partial charge in [-0.25, -0.2) is 9.97 Å². The van der Waals surface area contributed by atoms with Crippen molar-refractivity contribution in [2.75, 3.05) is 18.0 Å². The highest BCUT2D eigenvalue weighted by Gasteiger charge is 2.23. The molecule has 2 rings (SSSR count). The molecule has 0 spiro atoms. The summed E-state index contributed by atoms with van der Waals surface area (Å²) in [5.41, 5.74) is 0.361. The summed E-state index contributed by atoms with van der Waals surface area (Å²) in [6, 6.07) is 2.83. The minimum atomic E-state index is 0.361. The molecule has 0 amide bonds. The van der Waals surface area contributed by atoms with Crippen LogP contribution in [0.3, 0.4) is 0 Å². The van der Waals surface area contributed by atoms with Gasteiger partial charge in [0, 0.05) is 25.2 Å². The largest absolute Gasteiger partial charge is 0.350 e. The molecule has 2 heterocycles. The van der Waals surface area contributed by atoms with Crippen LogP contribution in [0.25, 0.3) is 0 Å². The Labute approximate surface area is 95.1 Å². The second-order valence-corrected chi connectivity index (χ2v) is 4.18. The smallest absolute Gasteiger partial charge is 0.158 e. The van der Waals surface area contributed by atoms with E-state index < -0.39 is 0 Å². The lowest BCUT2D eigenvalue weighted by molar-refractivity contribution is 0.422. The minimum absolute atomic E-state index is 0.361. The summed E-state index contributed by atoms with van der Waals surface area (Å²) in [5, 5.41) is 12.1. The van der Waals surface area contributed by atoms with Gasteiger partial charge in [0.05, 0.1) is 12.4 Å². The number of nitrogens with zero attached hydrogens (tertiary/aromatic N) is 4. The van der Waals surface area contributed by atoms with Gasteiger partial charge in [-0.05, 0) is 13.8 Å². The second-order valence-electron chi connectivity index (χ2n) is 4.18. The summed E-state index contributed by atoms with van der Waals surface area (Å²) in [6.07, 6.45) is 3.20. The van der Waals surface area contributed by atoms with Crippen molar-refractivity contribution in [1.82, 2.24) is 15.3 Å². The predicted molar refractivity (Wildman–Crippen MR) is 61.0 cm³/mol. The molecule has 0 unspecified atom stereocenters. The summed E-state index contributed by atoms with van der Waals surface area (Å²) in [6.45, 7) is 6.17. The average Bonchev–Trinajstić information content (AvgIpc) is 2.32. The minimum Gasteiger partial charge on any atom is -0.350 e. The third-order valence-electron chi connectivity index (χ3n) is 2.81. The highest BCUT2D eigenvalue weighted by atomic mass is 15.3. The van der Waals surface area contributed by atoms with Crippen molar-refractivity contribution in [3.05, 3.63) is 18.1 Å². The molecule has 1 N–H and O–H groups in total. The van der Waals surface area contributed by atoms with Crippen LogP contribution in [0.15, 0.2) is 12.4 Å². The number of hydrogen-bond acceptors (Lipinski definition) is 5. The van der Waals surface area contributed by atoms with Crippen molar-refractivity contribution in [2.45, 2.75) is 25.9 Å². The molecule has 1 aliphatic heterocycles. The van der Waals surface area contributed by atoms with E-state index in [1.165, 1.54) is 6.20 Å². The normalized spacial score (nSPS) is 25.2. The third kappa shape index (κ3) is 2.12. The maximum Gasteiger partial charge on any atom is 0.158 e. The monoisotopic (exact) mass is 217 g/mol. The molecule has 84 valence electrons. The number of hydrogen-bond donors (Lipinski definition) is 1. The molecule has 5 heteroatoms. The van der Waals surface area contributed by atoms with Crippen molar-refractivity contribution in [3.63, 3.8) is 0 Å². The summed E-state index contributed by atoms with van der Waals surface area (Å²) in [7, 11) is 0. The SMILES string of the molecule is C[C@H]1CN(c2cnc(C#N)cn2)[C@@H](C)CN1. The fourth-order valence-corrected chi connectivity index (χ4v) is 1.87. The van der Waals surface area contributed by atoms with Crippen LogP contribution in [0.4, 0.5) is 5.82 Å². The maximum absolute atomic E-state index is 8.66. The van der Waals surface area contributed by atoms with Crippen LogP contribution < -0.4 is 10.2 Å². The Hall–Kier alpha value is -1.67. The highest BCUT2D eigenvalue weighted by molar-refractivity contribution is 5.39. The molecule has 0 radical (unpaired) electrons. The van der Waals surface area contributed by atoms with Crippen LogP contribution in [0.1, 0.15) is 19.5 Å². The summed E-state index contributed by atoms with van der Waals surface area (Å²) in [4.78, 5) is 10.5. The second kappa shape index (κ2) is 4.45. The van der Waals surface area contributed by atoms with E-state index in [1.54, 1.807) is 6.20 Å². The lowest BCUT2D eigenvalue weighted by atomic mass is 10.1. The lowest BCUT2D eigenvalue weighted by Crippen LogP contribution is -2.54. The van der Waals surface area contributed by atoms with Crippen LogP contribution in [-0.4, -0.2) is 35.1 Å². The molecule has 1 aromatic heterocycles. The predicted octanol–water partition coefficient (Wildman–Crippen LogP) is 0.535. The molecular weight excluding hydrogens is 202 g/mol. The molecule has 0 aliphatic carbocycles. The zero-order valence-corrected chi connectivity index (χ0v) is 9.51. The standard InChI is InChI=1S/C11H15N5/c1-8-7-16(9(2)4-13-8)11-6-14-10(3-12)5-15-11/h5-6,8-9,13H,4,7H2,1-2H3/t8-,9-/m0/s1. The Morgan fingerprint density at radius 3 is 2.88 bits per heavy atom. The molecule has 1 fully saturated rings. The van der Waals surface area contributed by atoms with E-state index in [4.69, 9.17) is 5.26 Å². The molecule has 1 aliphatic rings. The van der Waals surface area contributed by atoms with Crippen molar-refractivity contribution < 1.29 is 0 Å². The summed E-state index contributed by atoms with van der Waals surface area (Å²) in [5.74, 6) is 0.847. The quantitative estimate of drug-likeness (QED) is 0.743. The first-order valence-electron chi connectivity index (χ1n) is 5.43. The first-order chi connectivity index (χ1) is 7.70. The van der Waals surface area contributed by atoms with Crippen molar-refractivity contribution in [2.24, 2.45) is 0 Å². The molecule has 0 aromatic carbocycles. The van der Waals surface area contributed by atoms with Crippen molar-refractivity contribution >= 4 is 5.82 Å². The van der Waals surface area contributed by atoms with Gasteiger partial charge >= 0.3 is 0 Å². The summed E-state index contributed by atoms with van der Waals surface area (Å²) < 4.78 is 0. The molecule has 2 atom stereocenters. The highest BCUT2D eigenvalue weighted by Crippen LogP contribution is 2.15. The summed E-state index contributed by atoms with van der Waals surface area (Å²) >= 11 is 0.